The molecule has 136 valence electrons. The van der Waals surface area contributed by atoms with Gasteiger partial charge in [0.15, 0.2) is 5.82 Å². The van der Waals surface area contributed by atoms with E-state index in [1.807, 2.05) is 6.07 Å². The summed E-state index contributed by atoms with van der Waals surface area (Å²) in [5, 5.41) is 15.7. The fraction of sp³-hybridized carbons (Fsp3) is 0.471. The molecule has 0 bridgehead atoms. The zero-order valence-electron chi connectivity index (χ0n) is 13.7. The minimum atomic E-state index is -4.49. The zero-order chi connectivity index (χ0) is 18.5. The molecule has 2 fully saturated rings. The number of rotatable bonds is 3. The second-order valence-corrected chi connectivity index (χ2v) is 6.83. The highest BCUT2D eigenvalue weighted by Crippen LogP contribution is 2.51. The summed E-state index contributed by atoms with van der Waals surface area (Å²) >= 11 is 0. The van der Waals surface area contributed by atoms with E-state index < -0.39 is 17.4 Å². The molecule has 1 saturated carbocycles. The van der Waals surface area contributed by atoms with Crippen molar-refractivity contribution in [1.29, 1.82) is 5.26 Å². The highest BCUT2D eigenvalue weighted by molar-refractivity contribution is 5.62. The van der Waals surface area contributed by atoms with Crippen molar-refractivity contribution in [3.05, 3.63) is 45.6 Å². The normalized spacial score (nSPS) is 23.2. The highest BCUT2D eigenvalue weighted by atomic mass is 19.4. The maximum Gasteiger partial charge on any atom is 0.416 e. The monoisotopic (exact) mass is 363 g/mol. The van der Waals surface area contributed by atoms with Crippen molar-refractivity contribution in [1.82, 2.24) is 15.2 Å². The Balaban J connectivity index is 1.80. The summed E-state index contributed by atoms with van der Waals surface area (Å²) in [6.45, 7) is 0.511. The number of anilines is 1. The summed E-state index contributed by atoms with van der Waals surface area (Å²) in [6.07, 6.45) is -1.57. The van der Waals surface area contributed by atoms with Gasteiger partial charge in [0, 0.05) is 6.54 Å². The predicted octanol–water partition coefficient (Wildman–Crippen LogP) is 2.97. The van der Waals surface area contributed by atoms with Gasteiger partial charge in [-0.3, -0.25) is 4.98 Å². The molecule has 2 unspecified atom stereocenters. The Kier molecular flexibility index (Phi) is 3.79. The third-order valence-corrected chi connectivity index (χ3v) is 5.23. The summed E-state index contributed by atoms with van der Waals surface area (Å²) in [5.41, 5.74) is -0.835. The van der Waals surface area contributed by atoms with Crippen LogP contribution in [0, 0.1) is 23.2 Å². The second kappa shape index (κ2) is 5.90. The summed E-state index contributed by atoms with van der Waals surface area (Å²) in [7, 11) is 0. The van der Waals surface area contributed by atoms with Crippen molar-refractivity contribution in [2.24, 2.45) is 11.8 Å². The van der Waals surface area contributed by atoms with Crippen LogP contribution in [0.2, 0.25) is 0 Å². The van der Waals surface area contributed by atoms with Crippen LogP contribution in [0.15, 0.2) is 23.0 Å². The number of halogens is 3. The van der Waals surface area contributed by atoms with Crippen LogP contribution >= 0.6 is 0 Å². The van der Waals surface area contributed by atoms with Crippen LogP contribution in [0.5, 0.6) is 0 Å². The molecule has 1 aromatic carbocycles. The van der Waals surface area contributed by atoms with Gasteiger partial charge in [-0.1, -0.05) is 0 Å². The minimum Gasteiger partial charge on any atom is -0.360 e. The Morgan fingerprint density at radius 2 is 2.04 bits per heavy atom. The van der Waals surface area contributed by atoms with Crippen molar-refractivity contribution >= 4 is 5.69 Å². The van der Waals surface area contributed by atoms with Crippen molar-refractivity contribution in [2.75, 3.05) is 11.4 Å². The summed E-state index contributed by atoms with van der Waals surface area (Å²) < 4.78 is 39.5. The number of alkyl halides is 3. The molecule has 9 heteroatoms. The molecule has 4 rings (SSSR count). The SMILES string of the molecule is N#Cc1ccc(C(F)(F)F)cc1N1CCC(C2CC2)C1c1n[nH]c(=O)[nH]1. The van der Waals surface area contributed by atoms with E-state index in [-0.39, 0.29) is 23.2 Å². The van der Waals surface area contributed by atoms with Gasteiger partial charge in [0.1, 0.15) is 6.07 Å². The lowest BCUT2D eigenvalue weighted by Crippen LogP contribution is -2.28. The molecule has 2 atom stereocenters. The van der Waals surface area contributed by atoms with E-state index in [0.29, 0.717) is 18.3 Å². The predicted molar refractivity (Wildman–Crippen MR) is 86.3 cm³/mol. The van der Waals surface area contributed by atoms with E-state index in [9.17, 15) is 23.2 Å². The van der Waals surface area contributed by atoms with Crippen LogP contribution < -0.4 is 10.6 Å². The van der Waals surface area contributed by atoms with Crippen molar-refractivity contribution in [3.63, 3.8) is 0 Å². The second-order valence-electron chi connectivity index (χ2n) is 6.83. The van der Waals surface area contributed by atoms with Crippen LogP contribution in [-0.4, -0.2) is 21.7 Å². The Bertz CT molecular complexity index is 921. The molecule has 1 saturated heterocycles. The van der Waals surface area contributed by atoms with Crippen LogP contribution in [0.4, 0.5) is 18.9 Å². The van der Waals surface area contributed by atoms with Crippen LogP contribution in [0.3, 0.4) is 0 Å². The van der Waals surface area contributed by atoms with E-state index >= 15 is 0 Å². The number of benzene rings is 1. The first-order chi connectivity index (χ1) is 12.4. The first-order valence-corrected chi connectivity index (χ1v) is 8.41. The van der Waals surface area contributed by atoms with Gasteiger partial charge in [-0.15, -0.1) is 0 Å². The Morgan fingerprint density at radius 3 is 2.62 bits per heavy atom. The highest BCUT2D eigenvalue weighted by Gasteiger charge is 2.46. The molecular weight excluding hydrogens is 347 g/mol. The molecule has 0 amide bonds. The lowest BCUT2D eigenvalue weighted by atomic mass is 9.94. The fourth-order valence-electron chi connectivity index (χ4n) is 3.92. The maximum atomic E-state index is 13.2. The molecule has 1 aliphatic carbocycles. The molecule has 2 N–H and O–H groups in total. The van der Waals surface area contributed by atoms with Gasteiger partial charge in [0.25, 0.3) is 0 Å². The number of hydrogen-bond acceptors (Lipinski definition) is 4. The van der Waals surface area contributed by atoms with E-state index in [1.165, 1.54) is 6.07 Å². The first-order valence-electron chi connectivity index (χ1n) is 8.41. The van der Waals surface area contributed by atoms with Gasteiger partial charge in [-0.2, -0.15) is 23.5 Å². The van der Waals surface area contributed by atoms with Crippen molar-refractivity contribution in [2.45, 2.75) is 31.5 Å². The average molecular weight is 363 g/mol. The molecule has 0 spiro atoms. The van der Waals surface area contributed by atoms with Crippen LogP contribution in [0.25, 0.3) is 0 Å². The largest absolute Gasteiger partial charge is 0.416 e. The van der Waals surface area contributed by atoms with Crippen molar-refractivity contribution in [3.8, 4) is 6.07 Å². The first kappa shape index (κ1) is 16.7. The van der Waals surface area contributed by atoms with Gasteiger partial charge >= 0.3 is 11.9 Å². The standard InChI is InChI=1S/C17H16F3N5O/c18-17(19,20)11-4-3-10(8-21)13(7-11)25-6-5-12(9-1-2-9)14(25)15-22-16(26)24-23-15/h3-4,7,9,12,14H,1-2,5-6H2,(H2,22,23,24,26). The fourth-order valence-corrected chi connectivity index (χ4v) is 3.92. The van der Waals surface area contributed by atoms with Crippen LogP contribution in [0.1, 0.15) is 42.3 Å². The summed E-state index contributed by atoms with van der Waals surface area (Å²) in [4.78, 5) is 15.9. The molecule has 2 heterocycles. The Morgan fingerprint density at radius 1 is 1.27 bits per heavy atom. The third-order valence-electron chi connectivity index (χ3n) is 5.23. The minimum absolute atomic E-state index is 0.178. The molecule has 2 aliphatic rings. The topological polar surface area (TPSA) is 88.6 Å². The number of nitriles is 1. The Hall–Kier alpha value is -2.76. The van der Waals surface area contributed by atoms with Crippen molar-refractivity contribution < 1.29 is 13.2 Å². The lowest BCUT2D eigenvalue weighted by Gasteiger charge is -2.29. The number of aromatic nitrogens is 3. The summed E-state index contributed by atoms with van der Waals surface area (Å²) in [5.74, 6) is 1.07. The van der Waals surface area contributed by atoms with Crippen LogP contribution in [-0.2, 0) is 6.18 Å². The number of nitrogens with one attached hydrogen (secondary N) is 2. The number of nitrogens with zero attached hydrogens (tertiary/aromatic N) is 3. The molecule has 2 aromatic rings. The third kappa shape index (κ3) is 2.85. The molecular formula is C17H16F3N5O. The maximum absolute atomic E-state index is 13.2. The number of aromatic amines is 2. The lowest BCUT2D eigenvalue weighted by molar-refractivity contribution is -0.137. The van der Waals surface area contributed by atoms with E-state index in [2.05, 4.69) is 15.2 Å². The molecule has 0 radical (unpaired) electrons. The van der Waals surface area contributed by atoms with Gasteiger partial charge in [0.05, 0.1) is 22.9 Å². The average Bonchev–Trinajstić information content (AvgIpc) is 3.21. The number of hydrogen-bond donors (Lipinski definition) is 2. The van der Waals surface area contributed by atoms with E-state index in [4.69, 9.17) is 0 Å². The van der Waals surface area contributed by atoms with Gasteiger partial charge in [-0.25, -0.2) is 9.89 Å². The molecule has 1 aromatic heterocycles. The molecule has 6 nitrogen and oxygen atoms in total. The van der Waals surface area contributed by atoms with Gasteiger partial charge < -0.3 is 4.90 Å². The van der Waals surface area contributed by atoms with E-state index in [1.54, 1.807) is 4.90 Å². The van der Waals surface area contributed by atoms with Gasteiger partial charge in [-0.05, 0) is 49.3 Å². The van der Waals surface area contributed by atoms with E-state index in [0.717, 1.165) is 31.4 Å². The molecule has 1 aliphatic heterocycles. The molecule has 26 heavy (non-hydrogen) atoms. The zero-order valence-corrected chi connectivity index (χ0v) is 13.7. The quantitative estimate of drug-likeness (QED) is 0.877. The Labute approximate surface area is 146 Å². The summed E-state index contributed by atoms with van der Waals surface area (Å²) in [6, 6.07) is 4.77. The number of H-pyrrole nitrogens is 2. The smallest absolute Gasteiger partial charge is 0.360 e. The van der Waals surface area contributed by atoms with Gasteiger partial charge in [0.2, 0.25) is 0 Å².